The van der Waals surface area contributed by atoms with Crippen molar-refractivity contribution in [3.63, 3.8) is 0 Å². The maximum atomic E-state index is 9.20. The lowest BCUT2D eigenvalue weighted by molar-refractivity contribution is 0.306. The molecule has 0 aromatic heterocycles. The van der Waals surface area contributed by atoms with Gasteiger partial charge in [0.1, 0.15) is 12.4 Å². The molecule has 0 radical (unpaired) electrons. The van der Waals surface area contributed by atoms with Crippen molar-refractivity contribution >= 4 is 12.6 Å². The fourth-order valence-electron chi connectivity index (χ4n) is 1.60. The van der Waals surface area contributed by atoms with Gasteiger partial charge in [-0.1, -0.05) is 42.5 Å². The monoisotopic (exact) mass is 228 g/mol. The molecule has 2 aromatic carbocycles. The third kappa shape index (κ3) is 3.09. The van der Waals surface area contributed by atoms with E-state index in [1.807, 2.05) is 42.5 Å². The van der Waals surface area contributed by atoms with E-state index in [1.165, 1.54) is 0 Å². The lowest BCUT2D eigenvalue weighted by atomic mass is 9.77. The Morgan fingerprint density at radius 1 is 0.882 bits per heavy atom. The summed E-state index contributed by atoms with van der Waals surface area (Å²) in [5.74, 6) is 0.759. The fourth-order valence-corrected chi connectivity index (χ4v) is 1.60. The lowest BCUT2D eigenvalue weighted by Gasteiger charge is -2.10. The Kier molecular flexibility index (Phi) is 3.80. The normalized spacial score (nSPS) is 10.0. The zero-order valence-corrected chi connectivity index (χ0v) is 9.28. The number of rotatable bonds is 4. The number of hydrogen-bond donors (Lipinski definition) is 2. The van der Waals surface area contributed by atoms with Gasteiger partial charge in [-0.15, -0.1) is 0 Å². The fraction of sp³-hybridized carbons (Fsp3) is 0.0769. The average Bonchev–Trinajstić information content (AvgIpc) is 2.38. The summed E-state index contributed by atoms with van der Waals surface area (Å²) in [4.78, 5) is 0. The molecule has 0 fully saturated rings. The highest BCUT2D eigenvalue weighted by Gasteiger charge is 2.15. The van der Waals surface area contributed by atoms with Crippen molar-refractivity contribution in [1.29, 1.82) is 0 Å². The van der Waals surface area contributed by atoms with Crippen molar-refractivity contribution < 1.29 is 14.8 Å². The van der Waals surface area contributed by atoms with E-state index in [1.54, 1.807) is 12.1 Å². The number of ether oxygens (including phenoxy) is 1. The van der Waals surface area contributed by atoms with Gasteiger partial charge in [0.2, 0.25) is 0 Å². The molecule has 0 saturated carbocycles. The number of para-hydroxylation sites is 1. The molecule has 0 aliphatic rings. The summed E-state index contributed by atoms with van der Waals surface area (Å²) in [6, 6.07) is 16.5. The molecule has 3 nitrogen and oxygen atoms in total. The van der Waals surface area contributed by atoms with Crippen LogP contribution in [0.3, 0.4) is 0 Å². The Balaban J connectivity index is 2.09. The molecule has 17 heavy (non-hydrogen) atoms. The molecular formula is C13H13BO3. The van der Waals surface area contributed by atoms with Crippen molar-refractivity contribution in [3.8, 4) is 5.75 Å². The summed E-state index contributed by atoms with van der Waals surface area (Å²) < 4.78 is 5.56. The first kappa shape index (κ1) is 11.7. The van der Waals surface area contributed by atoms with Crippen LogP contribution in [0.15, 0.2) is 54.6 Å². The predicted molar refractivity (Wildman–Crippen MR) is 67.0 cm³/mol. The van der Waals surface area contributed by atoms with Crippen LogP contribution in [-0.2, 0) is 6.61 Å². The summed E-state index contributed by atoms with van der Waals surface area (Å²) in [6.07, 6.45) is 0. The van der Waals surface area contributed by atoms with E-state index in [2.05, 4.69) is 0 Å². The molecule has 4 heteroatoms. The Hall–Kier alpha value is -1.78. The highest BCUT2D eigenvalue weighted by Crippen LogP contribution is 2.10. The lowest BCUT2D eigenvalue weighted by Crippen LogP contribution is -2.33. The molecule has 0 amide bonds. The molecule has 0 heterocycles. The Bertz CT molecular complexity index is 471. The van der Waals surface area contributed by atoms with Crippen molar-refractivity contribution in [3.05, 3.63) is 60.2 Å². The Morgan fingerprint density at radius 2 is 1.53 bits per heavy atom. The first-order chi connectivity index (χ1) is 8.27. The quantitative estimate of drug-likeness (QED) is 0.766. The summed E-state index contributed by atoms with van der Waals surface area (Å²) in [5, 5.41) is 18.4. The second kappa shape index (κ2) is 5.52. The van der Waals surface area contributed by atoms with Crippen LogP contribution in [0, 0.1) is 0 Å². The standard InChI is InChI=1S/C13H13BO3/c15-14(16)13-9-5-4-6-11(13)10-17-12-7-2-1-3-8-12/h1-9,15-16H,10H2. The SMILES string of the molecule is OB(O)c1ccccc1COc1ccccc1. The van der Waals surface area contributed by atoms with E-state index in [-0.39, 0.29) is 0 Å². The van der Waals surface area contributed by atoms with Gasteiger partial charge < -0.3 is 14.8 Å². The molecule has 2 N–H and O–H groups in total. The van der Waals surface area contributed by atoms with Crippen LogP contribution in [0.4, 0.5) is 0 Å². The highest BCUT2D eigenvalue weighted by atomic mass is 16.5. The maximum absolute atomic E-state index is 9.20. The van der Waals surface area contributed by atoms with Gasteiger partial charge in [-0.3, -0.25) is 0 Å². The van der Waals surface area contributed by atoms with Gasteiger partial charge in [0.25, 0.3) is 0 Å². The van der Waals surface area contributed by atoms with Crippen molar-refractivity contribution in [2.75, 3.05) is 0 Å². The average molecular weight is 228 g/mol. The smallest absolute Gasteiger partial charge is 0.488 e. The largest absolute Gasteiger partial charge is 0.489 e. The number of hydrogen-bond acceptors (Lipinski definition) is 3. The second-order valence-corrected chi connectivity index (χ2v) is 3.67. The molecule has 86 valence electrons. The van der Waals surface area contributed by atoms with Gasteiger partial charge >= 0.3 is 7.12 Å². The summed E-state index contributed by atoms with van der Waals surface area (Å²) >= 11 is 0. The Labute approximate surface area is 100 Å². The van der Waals surface area contributed by atoms with E-state index in [4.69, 9.17) is 4.74 Å². The summed E-state index contributed by atoms with van der Waals surface area (Å²) in [6.45, 7) is 0.317. The van der Waals surface area contributed by atoms with Crippen molar-refractivity contribution in [2.24, 2.45) is 0 Å². The van der Waals surface area contributed by atoms with Crippen LogP contribution in [0.2, 0.25) is 0 Å². The predicted octanol–water partition coefficient (Wildman–Crippen LogP) is 0.945. The van der Waals surface area contributed by atoms with Gasteiger partial charge in [-0.2, -0.15) is 0 Å². The minimum Gasteiger partial charge on any atom is -0.489 e. The molecule has 0 atom stereocenters. The van der Waals surface area contributed by atoms with Gasteiger partial charge in [0, 0.05) is 0 Å². The minimum atomic E-state index is -1.47. The summed E-state index contributed by atoms with van der Waals surface area (Å²) in [5.41, 5.74) is 1.25. The van der Waals surface area contributed by atoms with Gasteiger partial charge in [-0.25, -0.2) is 0 Å². The molecule has 0 aliphatic heterocycles. The molecule has 2 rings (SSSR count). The molecule has 2 aromatic rings. The van der Waals surface area contributed by atoms with Crippen LogP contribution >= 0.6 is 0 Å². The Morgan fingerprint density at radius 3 is 2.24 bits per heavy atom. The first-order valence-corrected chi connectivity index (χ1v) is 5.39. The van der Waals surface area contributed by atoms with E-state index in [9.17, 15) is 10.0 Å². The van der Waals surface area contributed by atoms with E-state index in [0.717, 1.165) is 11.3 Å². The third-order valence-corrected chi connectivity index (χ3v) is 2.47. The van der Waals surface area contributed by atoms with E-state index < -0.39 is 7.12 Å². The topological polar surface area (TPSA) is 49.7 Å². The first-order valence-electron chi connectivity index (χ1n) is 5.39. The molecule has 0 bridgehead atoms. The minimum absolute atomic E-state index is 0.317. The van der Waals surface area contributed by atoms with Crippen LogP contribution < -0.4 is 10.2 Å². The zero-order valence-electron chi connectivity index (χ0n) is 9.28. The van der Waals surface area contributed by atoms with E-state index in [0.29, 0.717) is 12.1 Å². The van der Waals surface area contributed by atoms with Gasteiger partial charge in [0.15, 0.2) is 0 Å². The maximum Gasteiger partial charge on any atom is 0.488 e. The highest BCUT2D eigenvalue weighted by molar-refractivity contribution is 6.59. The van der Waals surface area contributed by atoms with Crippen molar-refractivity contribution in [2.45, 2.75) is 6.61 Å². The van der Waals surface area contributed by atoms with Crippen LogP contribution in [-0.4, -0.2) is 17.2 Å². The second-order valence-electron chi connectivity index (χ2n) is 3.67. The van der Waals surface area contributed by atoms with E-state index >= 15 is 0 Å². The molecule has 0 unspecified atom stereocenters. The van der Waals surface area contributed by atoms with Crippen LogP contribution in [0.5, 0.6) is 5.75 Å². The molecule has 0 spiro atoms. The van der Waals surface area contributed by atoms with Crippen LogP contribution in [0.1, 0.15) is 5.56 Å². The molecular weight excluding hydrogens is 215 g/mol. The molecule has 0 aliphatic carbocycles. The van der Waals surface area contributed by atoms with Crippen LogP contribution in [0.25, 0.3) is 0 Å². The van der Waals surface area contributed by atoms with Gasteiger partial charge in [-0.05, 0) is 23.2 Å². The summed E-state index contributed by atoms with van der Waals surface area (Å²) in [7, 11) is -1.47. The third-order valence-electron chi connectivity index (χ3n) is 2.47. The number of benzene rings is 2. The molecule has 0 saturated heterocycles. The zero-order chi connectivity index (χ0) is 12.1. The van der Waals surface area contributed by atoms with Crippen molar-refractivity contribution in [1.82, 2.24) is 0 Å². The van der Waals surface area contributed by atoms with Gasteiger partial charge in [0.05, 0.1) is 0 Å².